The number of hydrogen-bond donors (Lipinski definition) is 1. The lowest BCUT2D eigenvalue weighted by Crippen LogP contribution is -2.32. The number of hydrogen-bond acceptors (Lipinski definition) is 5. The molecule has 0 saturated heterocycles. The van der Waals surface area contributed by atoms with Crippen molar-refractivity contribution in [3.8, 4) is 17.0 Å². The van der Waals surface area contributed by atoms with Crippen LogP contribution in [0, 0.1) is 0 Å². The van der Waals surface area contributed by atoms with Crippen molar-refractivity contribution >= 4 is 22.7 Å². The molecule has 10 heteroatoms. The number of ether oxygens (including phenoxy) is 1. The number of aromatic amines is 1. The van der Waals surface area contributed by atoms with Crippen LogP contribution in [-0.4, -0.2) is 51.1 Å². The van der Waals surface area contributed by atoms with Crippen LogP contribution in [0.2, 0.25) is 0 Å². The van der Waals surface area contributed by atoms with Crippen LogP contribution >= 0.6 is 0 Å². The van der Waals surface area contributed by atoms with E-state index in [1.54, 1.807) is 11.1 Å². The number of halogens is 3. The molecule has 1 aliphatic rings. The van der Waals surface area contributed by atoms with E-state index in [1.807, 2.05) is 30.3 Å². The third-order valence-corrected chi connectivity index (χ3v) is 5.59. The molecule has 2 aromatic carbocycles. The van der Waals surface area contributed by atoms with Gasteiger partial charge in [0, 0.05) is 40.4 Å². The zero-order chi connectivity index (χ0) is 23.9. The summed E-state index contributed by atoms with van der Waals surface area (Å²) in [4.78, 5) is 30.3. The minimum atomic E-state index is -4.97. The van der Waals surface area contributed by atoms with Gasteiger partial charge in [0.2, 0.25) is 0 Å². The Morgan fingerprint density at radius 1 is 1.03 bits per heavy atom. The largest absolute Gasteiger partial charge is 0.491 e. The van der Waals surface area contributed by atoms with Gasteiger partial charge in [-0.25, -0.2) is 4.98 Å². The zero-order valence-electron chi connectivity index (χ0n) is 17.6. The van der Waals surface area contributed by atoms with Crippen LogP contribution < -0.4 is 4.74 Å². The van der Waals surface area contributed by atoms with E-state index in [1.165, 1.54) is 12.1 Å². The molecule has 4 aromatic rings. The first-order valence-electron chi connectivity index (χ1n) is 10.4. The fourth-order valence-corrected chi connectivity index (χ4v) is 3.90. The van der Waals surface area contributed by atoms with Crippen LogP contribution in [-0.2, 0) is 6.54 Å². The van der Waals surface area contributed by atoms with E-state index < -0.39 is 17.5 Å². The molecular weight excluding hydrogens is 449 g/mol. The highest BCUT2D eigenvalue weighted by Gasteiger charge is 2.39. The standard InChI is InChI=1S/C24H17F3N4O3/c25-24(26,27)21(32)14-3-5-15(6-4-14)23(33)31-10-11-34-19-8-7-16(12-17(19)13-31)20-18-2-1-9-28-22(18)30-29-20/h1-9,12H,10-11,13H2,(H,28,29,30). The second kappa shape index (κ2) is 8.29. The van der Waals surface area contributed by atoms with Crippen molar-refractivity contribution in [1.29, 1.82) is 0 Å². The number of carbonyl (C=O) groups excluding carboxylic acids is 2. The molecule has 172 valence electrons. The van der Waals surface area contributed by atoms with Gasteiger partial charge in [0.1, 0.15) is 18.1 Å². The summed E-state index contributed by atoms with van der Waals surface area (Å²) in [7, 11) is 0. The van der Waals surface area contributed by atoms with Crippen molar-refractivity contribution in [3.63, 3.8) is 0 Å². The Labute approximate surface area is 191 Å². The summed E-state index contributed by atoms with van der Waals surface area (Å²) >= 11 is 0. The van der Waals surface area contributed by atoms with Gasteiger partial charge < -0.3 is 9.64 Å². The zero-order valence-corrected chi connectivity index (χ0v) is 17.6. The lowest BCUT2D eigenvalue weighted by molar-refractivity contribution is -0.0885. The van der Waals surface area contributed by atoms with E-state index in [0.29, 0.717) is 17.9 Å². The molecule has 1 aliphatic heterocycles. The second-order valence-corrected chi connectivity index (χ2v) is 7.77. The molecule has 0 aliphatic carbocycles. The van der Waals surface area contributed by atoms with Gasteiger partial charge in [-0.3, -0.25) is 14.7 Å². The number of H-pyrrole nitrogens is 1. The topological polar surface area (TPSA) is 88.2 Å². The van der Waals surface area contributed by atoms with Crippen molar-refractivity contribution in [3.05, 3.63) is 77.5 Å². The molecule has 0 spiro atoms. The number of alkyl halides is 3. The number of aromatic nitrogens is 3. The van der Waals surface area contributed by atoms with E-state index >= 15 is 0 Å². The molecule has 2 aromatic heterocycles. The average molecular weight is 466 g/mol. The van der Waals surface area contributed by atoms with Gasteiger partial charge in [0.05, 0.1) is 6.54 Å². The highest BCUT2D eigenvalue weighted by molar-refractivity contribution is 6.01. The molecule has 0 fully saturated rings. The van der Waals surface area contributed by atoms with E-state index in [9.17, 15) is 22.8 Å². The number of Topliss-reactive ketones (excluding diaryl/α,β-unsaturated/α-hetero) is 1. The molecule has 3 heterocycles. The van der Waals surface area contributed by atoms with E-state index in [2.05, 4.69) is 15.2 Å². The molecule has 1 amide bonds. The van der Waals surface area contributed by atoms with E-state index in [4.69, 9.17) is 4.74 Å². The molecule has 0 bridgehead atoms. The van der Waals surface area contributed by atoms with Crippen molar-refractivity contribution in [2.24, 2.45) is 0 Å². The number of carbonyl (C=O) groups is 2. The minimum Gasteiger partial charge on any atom is -0.491 e. The lowest BCUT2D eigenvalue weighted by atomic mass is 10.0. The predicted octanol–water partition coefficient (Wildman–Crippen LogP) is 4.40. The molecule has 7 nitrogen and oxygen atoms in total. The highest BCUT2D eigenvalue weighted by Crippen LogP contribution is 2.32. The number of rotatable bonds is 3. The SMILES string of the molecule is O=C(c1ccc(C(=O)C(F)(F)F)cc1)N1CCOc2ccc(-c3n[nH]c4ncccc34)cc2C1. The maximum absolute atomic E-state index is 13.1. The summed E-state index contributed by atoms with van der Waals surface area (Å²) < 4.78 is 43.7. The molecule has 0 atom stereocenters. The maximum Gasteiger partial charge on any atom is 0.454 e. The number of amides is 1. The monoisotopic (exact) mass is 466 g/mol. The van der Waals surface area contributed by atoms with Crippen molar-refractivity contribution in [2.45, 2.75) is 12.7 Å². The van der Waals surface area contributed by atoms with Gasteiger partial charge in [-0.15, -0.1) is 0 Å². The number of pyridine rings is 1. The Kier molecular flexibility index (Phi) is 5.27. The first-order chi connectivity index (χ1) is 16.3. The van der Waals surface area contributed by atoms with Gasteiger partial charge in [0.25, 0.3) is 11.7 Å². The number of nitrogens with zero attached hydrogens (tertiary/aromatic N) is 3. The number of nitrogens with one attached hydrogen (secondary N) is 1. The van der Waals surface area contributed by atoms with Gasteiger partial charge in [-0.1, -0.05) is 12.1 Å². The fraction of sp³-hybridized carbons (Fsp3) is 0.167. The molecule has 34 heavy (non-hydrogen) atoms. The summed E-state index contributed by atoms with van der Waals surface area (Å²) in [6.07, 6.45) is -3.30. The molecular formula is C24H17F3N4O3. The van der Waals surface area contributed by atoms with Gasteiger partial charge in [-0.2, -0.15) is 18.3 Å². The van der Waals surface area contributed by atoms with Crippen LogP contribution in [0.5, 0.6) is 5.75 Å². The van der Waals surface area contributed by atoms with Gasteiger partial charge in [-0.05, 0) is 42.5 Å². The lowest BCUT2D eigenvalue weighted by Gasteiger charge is -2.20. The molecule has 0 unspecified atom stereocenters. The summed E-state index contributed by atoms with van der Waals surface area (Å²) in [5.74, 6) is -1.68. The molecule has 5 rings (SSSR count). The van der Waals surface area contributed by atoms with Gasteiger partial charge >= 0.3 is 6.18 Å². The fourth-order valence-electron chi connectivity index (χ4n) is 3.90. The Bertz CT molecular complexity index is 1400. The normalized spacial score (nSPS) is 13.8. The predicted molar refractivity (Wildman–Crippen MR) is 116 cm³/mol. The van der Waals surface area contributed by atoms with Crippen LogP contribution in [0.3, 0.4) is 0 Å². The third-order valence-electron chi connectivity index (χ3n) is 5.59. The second-order valence-electron chi connectivity index (χ2n) is 7.77. The molecule has 1 N–H and O–H groups in total. The summed E-state index contributed by atoms with van der Waals surface area (Å²) in [6.45, 7) is 0.797. The van der Waals surface area contributed by atoms with E-state index in [0.717, 1.165) is 34.3 Å². The average Bonchev–Trinajstić information content (AvgIpc) is 3.15. The molecule has 0 saturated carbocycles. The van der Waals surface area contributed by atoms with Gasteiger partial charge in [0.15, 0.2) is 5.65 Å². The Balaban J connectivity index is 1.41. The smallest absolute Gasteiger partial charge is 0.454 e. The number of benzene rings is 2. The Morgan fingerprint density at radius 3 is 2.56 bits per heavy atom. The van der Waals surface area contributed by atoms with Crippen LogP contribution in [0.15, 0.2) is 60.8 Å². The van der Waals surface area contributed by atoms with Crippen LogP contribution in [0.25, 0.3) is 22.3 Å². The number of ketones is 1. The number of fused-ring (bicyclic) bond motifs is 2. The third kappa shape index (κ3) is 3.98. The quantitative estimate of drug-likeness (QED) is 0.452. The summed E-state index contributed by atoms with van der Waals surface area (Å²) in [5.41, 5.74) is 2.64. The van der Waals surface area contributed by atoms with Crippen molar-refractivity contribution in [1.82, 2.24) is 20.1 Å². The van der Waals surface area contributed by atoms with Crippen molar-refractivity contribution in [2.75, 3.05) is 13.2 Å². The summed E-state index contributed by atoms with van der Waals surface area (Å²) in [5, 5.41) is 8.12. The first-order valence-corrected chi connectivity index (χ1v) is 10.4. The van der Waals surface area contributed by atoms with Crippen molar-refractivity contribution < 1.29 is 27.5 Å². The van der Waals surface area contributed by atoms with Crippen LogP contribution in [0.1, 0.15) is 26.3 Å². The summed E-state index contributed by atoms with van der Waals surface area (Å²) in [6, 6.07) is 13.8. The van der Waals surface area contributed by atoms with Crippen LogP contribution in [0.4, 0.5) is 13.2 Å². The van der Waals surface area contributed by atoms with E-state index in [-0.39, 0.29) is 24.6 Å². The maximum atomic E-state index is 13.1. The minimum absolute atomic E-state index is 0.183. The first kappa shape index (κ1) is 21.6. The Morgan fingerprint density at radius 2 is 1.79 bits per heavy atom. The highest BCUT2D eigenvalue weighted by atomic mass is 19.4. The Hall–Kier alpha value is -4.21. The molecule has 0 radical (unpaired) electrons.